The zero-order valence-electron chi connectivity index (χ0n) is 7.25. The van der Waals surface area contributed by atoms with Crippen LogP contribution in [0.1, 0.15) is 13.3 Å². The van der Waals surface area contributed by atoms with Crippen molar-refractivity contribution in [3.8, 4) is 0 Å². The maximum absolute atomic E-state index is 5.41. The minimum atomic E-state index is 0.863. The fourth-order valence-electron chi connectivity index (χ4n) is 2.28. The minimum absolute atomic E-state index is 0.863. The summed E-state index contributed by atoms with van der Waals surface area (Å²) in [7, 11) is 0. The van der Waals surface area contributed by atoms with Crippen LogP contribution in [0.5, 0.6) is 0 Å². The Morgan fingerprint density at radius 1 is 1.27 bits per heavy atom. The highest BCUT2D eigenvalue weighted by atomic mass is 16.5. The number of nitrogens with zero attached hydrogens (tertiary/aromatic N) is 1. The van der Waals surface area contributed by atoms with E-state index in [1.807, 2.05) is 0 Å². The van der Waals surface area contributed by atoms with Gasteiger partial charge in [-0.2, -0.15) is 0 Å². The van der Waals surface area contributed by atoms with Crippen molar-refractivity contribution in [2.75, 3.05) is 32.8 Å². The zero-order valence-corrected chi connectivity index (χ0v) is 7.25. The molecule has 11 heavy (non-hydrogen) atoms. The Bertz CT molecular complexity index is 126. The first-order valence-electron chi connectivity index (χ1n) is 4.70. The van der Waals surface area contributed by atoms with Gasteiger partial charge in [-0.1, -0.05) is 6.92 Å². The van der Waals surface area contributed by atoms with E-state index in [9.17, 15) is 0 Å². The summed E-state index contributed by atoms with van der Waals surface area (Å²) in [6.07, 6.45) is 1.29. The molecule has 2 aliphatic rings. The molecule has 2 nitrogen and oxygen atoms in total. The molecule has 0 aromatic rings. The smallest absolute Gasteiger partial charge is 0.0510 e. The lowest BCUT2D eigenvalue weighted by atomic mass is 10.0. The van der Waals surface area contributed by atoms with E-state index < -0.39 is 0 Å². The van der Waals surface area contributed by atoms with Crippen molar-refractivity contribution in [1.29, 1.82) is 0 Å². The van der Waals surface area contributed by atoms with Crippen LogP contribution >= 0.6 is 0 Å². The Labute approximate surface area is 68.5 Å². The van der Waals surface area contributed by atoms with Crippen LogP contribution in [0.25, 0.3) is 0 Å². The predicted octanol–water partition coefficient (Wildman–Crippen LogP) is 0.975. The lowest BCUT2D eigenvalue weighted by molar-refractivity contribution is 0.154. The van der Waals surface area contributed by atoms with Crippen LogP contribution in [-0.4, -0.2) is 37.7 Å². The van der Waals surface area contributed by atoms with Crippen LogP contribution in [-0.2, 0) is 4.74 Å². The van der Waals surface area contributed by atoms with Crippen molar-refractivity contribution in [3.05, 3.63) is 0 Å². The monoisotopic (exact) mass is 155 g/mol. The third-order valence-corrected chi connectivity index (χ3v) is 2.86. The van der Waals surface area contributed by atoms with Crippen molar-refractivity contribution in [2.45, 2.75) is 13.3 Å². The number of ether oxygens (including phenoxy) is 1. The van der Waals surface area contributed by atoms with Crippen LogP contribution in [0.2, 0.25) is 0 Å². The maximum atomic E-state index is 5.41. The Morgan fingerprint density at radius 2 is 1.91 bits per heavy atom. The van der Waals surface area contributed by atoms with E-state index in [1.165, 1.54) is 26.1 Å². The highest BCUT2D eigenvalue weighted by molar-refractivity contribution is 4.86. The molecule has 2 rings (SSSR count). The minimum Gasteiger partial charge on any atom is -0.381 e. The topological polar surface area (TPSA) is 12.5 Å². The van der Waals surface area contributed by atoms with Crippen molar-refractivity contribution < 1.29 is 4.74 Å². The number of likely N-dealkylation sites (tertiary alicyclic amines) is 1. The largest absolute Gasteiger partial charge is 0.381 e. The predicted molar refractivity (Wildman–Crippen MR) is 44.5 cm³/mol. The summed E-state index contributed by atoms with van der Waals surface area (Å²) in [6.45, 7) is 8.16. The molecule has 2 heteroatoms. The standard InChI is InChI=1S/C9H17NO/c1-2-3-10-4-8-6-11-7-9(8)5-10/h8-9H,2-7H2,1H3. The molecule has 2 saturated heterocycles. The molecule has 0 N–H and O–H groups in total. The van der Waals surface area contributed by atoms with Crippen LogP contribution in [0, 0.1) is 11.8 Å². The molecule has 0 aromatic heterocycles. The van der Waals surface area contributed by atoms with Gasteiger partial charge in [-0.3, -0.25) is 0 Å². The van der Waals surface area contributed by atoms with Crippen molar-refractivity contribution in [1.82, 2.24) is 4.90 Å². The highest BCUT2D eigenvalue weighted by Gasteiger charge is 2.36. The molecule has 0 aliphatic carbocycles. The normalized spacial score (nSPS) is 37.9. The molecular weight excluding hydrogens is 138 g/mol. The lowest BCUT2D eigenvalue weighted by Crippen LogP contribution is -2.23. The fraction of sp³-hybridized carbons (Fsp3) is 1.00. The van der Waals surface area contributed by atoms with Gasteiger partial charge in [-0.05, 0) is 13.0 Å². The van der Waals surface area contributed by atoms with Gasteiger partial charge < -0.3 is 9.64 Å². The molecular formula is C9H17NO. The molecule has 2 aliphatic heterocycles. The van der Waals surface area contributed by atoms with Gasteiger partial charge in [-0.15, -0.1) is 0 Å². The first-order valence-corrected chi connectivity index (χ1v) is 4.70. The van der Waals surface area contributed by atoms with Gasteiger partial charge >= 0.3 is 0 Å². The van der Waals surface area contributed by atoms with Gasteiger partial charge in [0.15, 0.2) is 0 Å². The molecule has 0 amide bonds. The summed E-state index contributed by atoms with van der Waals surface area (Å²) in [5.74, 6) is 1.73. The first kappa shape index (κ1) is 7.56. The van der Waals surface area contributed by atoms with Crippen molar-refractivity contribution >= 4 is 0 Å². The second-order valence-electron chi connectivity index (χ2n) is 3.82. The third kappa shape index (κ3) is 1.42. The van der Waals surface area contributed by atoms with E-state index in [-0.39, 0.29) is 0 Å². The molecule has 64 valence electrons. The Balaban J connectivity index is 1.84. The van der Waals surface area contributed by atoms with Crippen LogP contribution in [0.3, 0.4) is 0 Å². The van der Waals surface area contributed by atoms with Gasteiger partial charge in [0.05, 0.1) is 13.2 Å². The van der Waals surface area contributed by atoms with E-state index >= 15 is 0 Å². The molecule has 0 radical (unpaired) electrons. The second-order valence-corrected chi connectivity index (χ2v) is 3.82. The van der Waals surface area contributed by atoms with Gasteiger partial charge in [0.25, 0.3) is 0 Å². The molecule has 2 atom stereocenters. The van der Waals surface area contributed by atoms with E-state index in [2.05, 4.69) is 11.8 Å². The number of fused-ring (bicyclic) bond motifs is 1. The van der Waals surface area contributed by atoms with Crippen LogP contribution in [0.4, 0.5) is 0 Å². The highest BCUT2D eigenvalue weighted by Crippen LogP contribution is 2.28. The quantitative estimate of drug-likeness (QED) is 0.589. The molecule has 0 aromatic carbocycles. The molecule has 2 unspecified atom stereocenters. The summed E-state index contributed by atoms with van der Waals surface area (Å²) in [6, 6.07) is 0. The molecule has 2 heterocycles. The van der Waals surface area contributed by atoms with Gasteiger partial charge in [0, 0.05) is 24.9 Å². The average Bonchev–Trinajstić information content (AvgIpc) is 2.46. The number of hydrogen-bond donors (Lipinski definition) is 0. The van der Waals surface area contributed by atoms with E-state index in [4.69, 9.17) is 4.74 Å². The number of hydrogen-bond acceptors (Lipinski definition) is 2. The Kier molecular flexibility index (Phi) is 2.14. The molecule has 0 spiro atoms. The Hall–Kier alpha value is -0.0800. The average molecular weight is 155 g/mol. The van der Waals surface area contributed by atoms with Gasteiger partial charge in [0.1, 0.15) is 0 Å². The molecule has 2 fully saturated rings. The summed E-state index contributed by atoms with van der Waals surface area (Å²) in [4.78, 5) is 2.58. The first-order chi connectivity index (χ1) is 5.40. The van der Waals surface area contributed by atoms with E-state index in [0.717, 1.165) is 25.0 Å². The summed E-state index contributed by atoms with van der Waals surface area (Å²) in [5, 5.41) is 0. The maximum Gasteiger partial charge on any atom is 0.0510 e. The fourth-order valence-corrected chi connectivity index (χ4v) is 2.28. The van der Waals surface area contributed by atoms with Crippen LogP contribution in [0.15, 0.2) is 0 Å². The summed E-state index contributed by atoms with van der Waals surface area (Å²) in [5.41, 5.74) is 0. The summed E-state index contributed by atoms with van der Waals surface area (Å²) >= 11 is 0. The van der Waals surface area contributed by atoms with E-state index in [1.54, 1.807) is 0 Å². The van der Waals surface area contributed by atoms with Crippen molar-refractivity contribution in [3.63, 3.8) is 0 Å². The lowest BCUT2D eigenvalue weighted by Gasteiger charge is -2.14. The van der Waals surface area contributed by atoms with Crippen molar-refractivity contribution in [2.24, 2.45) is 11.8 Å². The number of rotatable bonds is 2. The van der Waals surface area contributed by atoms with Gasteiger partial charge in [0.2, 0.25) is 0 Å². The van der Waals surface area contributed by atoms with E-state index in [0.29, 0.717) is 0 Å². The molecule has 0 saturated carbocycles. The van der Waals surface area contributed by atoms with Gasteiger partial charge in [-0.25, -0.2) is 0 Å². The third-order valence-electron chi connectivity index (χ3n) is 2.86. The zero-order chi connectivity index (χ0) is 7.68. The second kappa shape index (κ2) is 3.11. The van der Waals surface area contributed by atoms with Crippen LogP contribution < -0.4 is 0 Å². The molecule has 0 bridgehead atoms. The summed E-state index contributed by atoms with van der Waals surface area (Å²) < 4.78 is 5.41. The Morgan fingerprint density at radius 3 is 2.45 bits per heavy atom. The SMILES string of the molecule is CCCN1CC2COCC2C1.